The van der Waals surface area contributed by atoms with Crippen LogP contribution in [0.3, 0.4) is 0 Å². The molecule has 1 unspecified atom stereocenters. The molecule has 108 valence electrons. The molecule has 0 aliphatic carbocycles. The summed E-state index contributed by atoms with van der Waals surface area (Å²) >= 11 is 0. The SMILES string of the molecule is Cc1ccc(Cc2nc(C(N)COC(C)C)no2)cc1. The van der Waals surface area contributed by atoms with Crippen LogP contribution in [0.15, 0.2) is 28.8 Å². The molecule has 0 bridgehead atoms. The molecule has 1 aromatic heterocycles. The molecule has 0 radical (unpaired) electrons. The van der Waals surface area contributed by atoms with Gasteiger partial charge in [-0.1, -0.05) is 35.0 Å². The minimum Gasteiger partial charge on any atom is -0.377 e. The lowest BCUT2D eigenvalue weighted by Crippen LogP contribution is -2.20. The number of nitrogens with zero attached hydrogens (tertiary/aromatic N) is 2. The van der Waals surface area contributed by atoms with Crippen LogP contribution in [0.1, 0.15) is 42.7 Å². The molecule has 5 nitrogen and oxygen atoms in total. The van der Waals surface area contributed by atoms with Crippen molar-refractivity contribution in [3.63, 3.8) is 0 Å². The quantitative estimate of drug-likeness (QED) is 0.876. The average molecular weight is 275 g/mol. The fourth-order valence-electron chi connectivity index (χ4n) is 1.74. The van der Waals surface area contributed by atoms with Gasteiger partial charge in [0.05, 0.1) is 25.2 Å². The van der Waals surface area contributed by atoms with Gasteiger partial charge < -0.3 is 15.0 Å². The van der Waals surface area contributed by atoms with Crippen LogP contribution in [0.2, 0.25) is 0 Å². The maximum Gasteiger partial charge on any atom is 0.231 e. The van der Waals surface area contributed by atoms with Gasteiger partial charge in [0.25, 0.3) is 0 Å². The molecule has 5 heteroatoms. The first-order valence-electron chi connectivity index (χ1n) is 6.80. The zero-order valence-corrected chi connectivity index (χ0v) is 12.2. The third kappa shape index (κ3) is 4.15. The van der Waals surface area contributed by atoms with Gasteiger partial charge in [0.15, 0.2) is 5.82 Å². The van der Waals surface area contributed by atoms with Crippen molar-refractivity contribution in [2.75, 3.05) is 6.61 Å². The average Bonchev–Trinajstić information content (AvgIpc) is 2.87. The number of nitrogens with two attached hydrogens (primary N) is 1. The second-order valence-electron chi connectivity index (χ2n) is 5.20. The van der Waals surface area contributed by atoms with Gasteiger partial charge in [-0.05, 0) is 26.3 Å². The monoisotopic (exact) mass is 275 g/mol. The Labute approximate surface area is 119 Å². The van der Waals surface area contributed by atoms with Crippen molar-refractivity contribution >= 4 is 0 Å². The van der Waals surface area contributed by atoms with Gasteiger partial charge in [-0.2, -0.15) is 4.98 Å². The lowest BCUT2D eigenvalue weighted by molar-refractivity contribution is 0.0665. The summed E-state index contributed by atoms with van der Waals surface area (Å²) in [7, 11) is 0. The van der Waals surface area contributed by atoms with Crippen molar-refractivity contribution in [2.45, 2.75) is 39.3 Å². The van der Waals surface area contributed by atoms with Gasteiger partial charge in [-0.3, -0.25) is 0 Å². The van der Waals surface area contributed by atoms with E-state index in [1.807, 2.05) is 13.8 Å². The molecule has 2 N–H and O–H groups in total. The Morgan fingerprint density at radius 1 is 1.25 bits per heavy atom. The molecular weight excluding hydrogens is 254 g/mol. The van der Waals surface area contributed by atoms with Gasteiger partial charge in [0.1, 0.15) is 0 Å². The van der Waals surface area contributed by atoms with Gasteiger partial charge >= 0.3 is 0 Å². The van der Waals surface area contributed by atoms with Crippen LogP contribution in [0.5, 0.6) is 0 Å². The van der Waals surface area contributed by atoms with Gasteiger partial charge in [-0.15, -0.1) is 0 Å². The third-order valence-electron chi connectivity index (χ3n) is 2.90. The normalized spacial score (nSPS) is 12.8. The first-order valence-corrected chi connectivity index (χ1v) is 6.80. The molecule has 0 saturated heterocycles. The number of aryl methyl sites for hydroxylation is 1. The van der Waals surface area contributed by atoms with Gasteiger partial charge in [-0.25, -0.2) is 0 Å². The molecule has 0 fully saturated rings. The molecule has 0 amide bonds. The van der Waals surface area contributed by atoms with Crippen molar-refractivity contribution in [1.29, 1.82) is 0 Å². The molecule has 0 aliphatic heterocycles. The second-order valence-corrected chi connectivity index (χ2v) is 5.20. The summed E-state index contributed by atoms with van der Waals surface area (Å²) in [5.74, 6) is 1.07. The number of ether oxygens (including phenoxy) is 1. The molecule has 2 rings (SSSR count). The predicted octanol–water partition coefficient (Wildman–Crippen LogP) is 2.39. The number of hydrogen-bond acceptors (Lipinski definition) is 5. The molecule has 0 saturated carbocycles. The van der Waals surface area contributed by atoms with E-state index >= 15 is 0 Å². The Kier molecular flexibility index (Phi) is 4.87. The summed E-state index contributed by atoms with van der Waals surface area (Å²) in [5.41, 5.74) is 8.33. The molecule has 20 heavy (non-hydrogen) atoms. The summed E-state index contributed by atoms with van der Waals surface area (Å²) in [6.45, 7) is 6.38. The van der Waals surface area contributed by atoms with Crippen LogP contribution in [0, 0.1) is 6.92 Å². The molecule has 1 aromatic carbocycles. The van der Waals surface area contributed by atoms with Crippen molar-refractivity contribution < 1.29 is 9.26 Å². The Bertz CT molecular complexity index is 534. The van der Waals surface area contributed by atoms with Gasteiger partial charge in [0, 0.05) is 0 Å². The Hall–Kier alpha value is -1.72. The maximum atomic E-state index is 5.96. The highest BCUT2D eigenvalue weighted by atomic mass is 16.5. The molecule has 1 atom stereocenters. The lowest BCUT2D eigenvalue weighted by atomic mass is 10.1. The minimum atomic E-state index is -0.354. The lowest BCUT2D eigenvalue weighted by Gasteiger charge is -2.10. The zero-order valence-electron chi connectivity index (χ0n) is 12.2. The first kappa shape index (κ1) is 14.7. The summed E-state index contributed by atoms with van der Waals surface area (Å²) in [6.07, 6.45) is 0.755. The van der Waals surface area contributed by atoms with Crippen LogP contribution in [0.4, 0.5) is 0 Å². The number of rotatable bonds is 6. The van der Waals surface area contributed by atoms with Crippen molar-refractivity contribution in [3.8, 4) is 0 Å². The van der Waals surface area contributed by atoms with Crippen molar-refractivity contribution in [1.82, 2.24) is 10.1 Å². The number of hydrogen-bond donors (Lipinski definition) is 1. The van der Waals surface area contributed by atoms with Crippen LogP contribution in [-0.4, -0.2) is 22.9 Å². The molecule has 0 aliphatic rings. The number of benzene rings is 1. The Morgan fingerprint density at radius 3 is 2.60 bits per heavy atom. The first-order chi connectivity index (χ1) is 9.54. The largest absolute Gasteiger partial charge is 0.377 e. The van der Waals surface area contributed by atoms with Gasteiger partial charge in [0.2, 0.25) is 5.89 Å². The second kappa shape index (κ2) is 6.63. The van der Waals surface area contributed by atoms with Crippen LogP contribution in [-0.2, 0) is 11.2 Å². The van der Waals surface area contributed by atoms with E-state index in [0.29, 0.717) is 24.7 Å². The molecule has 1 heterocycles. The number of aromatic nitrogens is 2. The molecule has 2 aromatic rings. The molecular formula is C15H21N3O2. The Balaban J connectivity index is 1.96. The van der Waals surface area contributed by atoms with E-state index in [1.165, 1.54) is 5.56 Å². The third-order valence-corrected chi connectivity index (χ3v) is 2.90. The van der Waals surface area contributed by atoms with E-state index in [9.17, 15) is 0 Å². The van der Waals surface area contributed by atoms with Crippen LogP contribution in [0.25, 0.3) is 0 Å². The maximum absolute atomic E-state index is 5.96. The highest BCUT2D eigenvalue weighted by Crippen LogP contribution is 2.12. The highest BCUT2D eigenvalue weighted by molar-refractivity contribution is 5.23. The van der Waals surface area contributed by atoms with E-state index in [0.717, 1.165) is 5.56 Å². The van der Waals surface area contributed by atoms with E-state index in [1.54, 1.807) is 0 Å². The molecule has 0 spiro atoms. The van der Waals surface area contributed by atoms with E-state index in [4.69, 9.17) is 15.0 Å². The van der Waals surface area contributed by atoms with Crippen LogP contribution < -0.4 is 5.73 Å². The summed E-state index contributed by atoms with van der Waals surface area (Å²) in [4.78, 5) is 4.32. The smallest absolute Gasteiger partial charge is 0.231 e. The van der Waals surface area contributed by atoms with E-state index in [2.05, 4.69) is 41.3 Å². The topological polar surface area (TPSA) is 74.2 Å². The standard InChI is InChI=1S/C15H21N3O2/c1-10(2)19-9-13(16)15-17-14(20-18-15)8-12-6-4-11(3)5-7-12/h4-7,10,13H,8-9,16H2,1-3H3. The van der Waals surface area contributed by atoms with Crippen molar-refractivity contribution in [2.24, 2.45) is 5.73 Å². The summed E-state index contributed by atoms with van der Waals surface area (Å²) in [5, 5.41) is 3.92. The predicted molar refractivity (Wildman–Crippen MR) is 76.3 cm³/mol. The van der Waals surface area contributed by atoms with E-state index in [-0.39, 0.29) is 12.1 Å². The highest BCUT2D eigenvalue weighted by Gasteiger charge is 2.15. The Morgan fingerprint density at radius 2 is 1.95 bits per heavy atom. The minimum absolute atomic E-state index is 0.139. The fourth-order valence-corrected chi connectivity index (χ4v) is 1.74. The fraction of sp³-hybridized carbons (Fsp3) is 0.467. The summed E-state index contributed by atoms with van der Waals surface area (Å²) in [6, 6.07) is 7.89. The van der Waals surface area contributed by atoms with Crippen LogP contribution >= 0.6 is 0 Å². The van der Waals surface area contributed by atoms with Crippen molar-refractivity contribution in [3.05, 3.63) is 47.1 Å². The zero-order chi connectivity index (χ0) is 14.5. The summed E-state index contributed by atoms with van der Waals surface area (Å²) < 4.78 is 10.7. The van der Waals surface area contributed by atoms with E-state index < -0.39 is 0 Å².